The zero-order chi connectivity index (χ0) is 22.5. The highest BCUT2D eigenvalue weighted by Gasteiger charge is 2.28. The average molecular weight is 433 g/mol. The van der Waals surface area contributed by atoms with Crippen LogP contribution < -0.4 is 16.0 Å². The minimum Gasteiger partial charge on any atom is -0.361 e. The van der Waals surface area contributed by atoms with Crippen LogP contribution in [0.1, 0.15) is 18.4 Å². The van der Waals surface area contributed by atoms with Crippen molar-refractivity contribution in [1.29, 1.82) is 0 Å². The summed E-state index contributed by atoms with van der Waals surface area (Å²) < 4.78 is 0. The van der Waals surface area contributed by atoms with Gasteiger partial charge in [-0.1, -0.05) is 18.2 Å². The fraction of sp³-hybridized carbons (Fsp3) is 0.217. The van der Waals surface area contributed by atoms with Crippen LogP contribution in [0.2, 0.25) is 0 Å². The second-order valence-electron chi connectivity index (χ2n) is 7.49. The van der Waals surface area contributed by atoms with E-state index in [0.717, 1.165) is 21.4 Å². The second-order valence-corrected chi connectivity index (χ2v) is 7.49. The van der Waals surface area contributed by atoms with Gasteiger partial charge in [0.05, 0.1) is 6.54 Å². The Hall–Kier alpha value is -4.14. The zero-order valence-corrected chi connectivity index (χ0v) is 17.3. The Morgan fingerprint density at radius 3 is 2.22 bits per heavy atom. The Labute approximate surface area is 184 Å². The molecule has 0 bridgehead atoms. The maximum Gasteiger partial charge on any atom is 0.324 e. The molecule has 2 aromatic carbocycles. The Kier molecular flexibility index (Phi) is 6.16. The lowest BCUT2D eigenvalue weighted by atomic mass is 10.1. The lowest BCUT2D eigenvalue weighted by Gasteiger charge is -2.12. The predicted molar refractivity (Wildman–Crippen MR) is 120 cm³/mol. The number of urea groups is 1. The lowest BCUT2D eigenvalue weighted by molar-refractivity contribution is -0.125. The highest BCUT2D eigenvalue weighted by molar-refractivity contribution is 6.02. The van der Waals surface area contributed by atoms with E-state index in [4.69, 9.17) is 0 Å². The van der Waals surface area contributed by atoms with Crippen molar-refractivity contribution in [3.05, 3.63) is 60.3 Å². The number of carbonyl (C=O) groups excluding carboxylic acids is 4. The molecule has 0 spiro atoms. The number of nitrogens with one attached hydrogen (secondary N) is 4. The van der Waals surface area contributed by atoms with Gasteiger partial charge in [0.15, 0.2) is 0 Å². The maximum atomic E-state index is 12.3. The summed E-state index contributed by atoms with van der Waals surface area (Å²) in [5.74, 6) is -0.749. The van der Waals surface area contributed by atoms with Crippen LogP contribution in [0, 0.1) is 0 Å². The van der Waals surface area contributed by atoms with Gasteiger partial charge < -0.3 is 20.9 Å². The van der Waals surface area contributed by atoms with Gasteiger partial charge in [0, 0.05) is 47.9 Å². The van der Waals surface area contributed by atoms with Crippen LogP contribution in [-0.4, -0.2) is 46.7 Å². The molecule has 1 fully saturated rings. The fourth-order valence-corrected chi connectivity index (χ4v) is 3.57. The van der Waals surface area contributed by atoms with Crippen LogP contribution in [0.3, 0.4) is 0 Å². The highest BCUT2D eigenvalue weighted by Crippen LogP contribution is 2.20. The molecule has 9 nitrogen and oxygen atoms in total. The largest absolute Gasteiger partial charge is 0.361 e. The molecule has 0 saturated carbocycles. The first-order valence-corrected chi connectivity index (χ1v) is 10.3. The predicted octanol–water partition coefficient (Wildman–Crippen LogP) is 2.62. The topological polar surface area (TPSA) is 123 Å². The summed E-state index contributed by atoms with van der Waals surface area (Å²) in [5.41, 5.74) is 3.34. The minimum absolute atomic E-state index is 0.00544. The molecule has 4 N–H and O–H groups in total. The first-order valence-electron chi connectivity index (χ1n) is 10.3. The number of H-pyrrole nitrogens is 1. The molecule has 5 amide bonds. The van der Waals surface area contributed by atoms with Crippen molar-refractivity contribution in [1.82, 2.24) is 15.2 Å². The van der Waals surface area contributed by atoms with Gasteiger partial charge in [-0.15, -0.1) is 0 Å². The second kappa shape index (κ2) is 9.34. The first-order chi connectivity index (χ1) is 15.5. The van der Waals surface area contributed by atoms with Gasteiger partial charge in [0.25, 0.3) is 0 Å². The van der Waals surface area contributed by atoms with Gasteiger partial charge in [-0.3, -0.25) is 19.3 Å². The molecule has 164 valence electrons. The summed E-state index contributed by atoms with van der Waals surface area (Å²) in [4.78, 5) is 51.6. The van der Waals surface area contributed by atoms with Crippen LogP contribution in [0.25, 0.3) is 10.9 Å². The van der Waals surface area contributed by atoms with Gasteiger partial charge in [0.2, 0.25) is 17.7 Å². The zero-order valence-electron chi connectivity index (χ0n) is 17.3. The Balaban J connectivity index is 1.23. The number of hydrogen-bond donors (Lipinski definition) is 4. The number of rotatable bonds is 8. The van der Waals surface area contributed by atoms with E-state index >= 15 is 0 Å². The normalized spacial score (nSPS) is 13.3. The Morgan fingerprint density at radius 1 is 0.906 bits per heavy atom. The molecular weight excluding hydrogens is 410 g/mol. The molecule has 2 heterocycles. The van der Waals surface area contributed by atoms with Crippen LogP contribution in [0.15, 0.2) is 54.7 Å². The number of para-hydroxylation sites is 1. The third kappa shape index (κ3) is 4.94. The van der Waals surface area contributed by atoms with Crippen molar-refractivity contribution in [3.8, 4) is 0 Å². The molecule has 9 heteroatoms. The molecule has 1 aliphatic heterocycles. The summed E-state index contributed by atoms with van der Waals surface area (Å²) >= 11 is 0. The van der Waals surface area contributed by atoms with Gasteiger partial charge in [-0.2, -0.15) is 0 Å². The van der Waals surface area contributed by atoms with E-state index in [1.54, 1.807) is 24.3 Å². The number of hydrogen-bond acceptors (Lipinski definition) is 4. The Morgan fingerprint density at radius 2 is 1.56 bits per heavy atom. The third-order valence-electron chi connectivity index (χ3n) is 5.25. The SMILES string of the molecule is O=C(CCc1c[nH]c2ccccc12)Nc1ccc(NC(=O)CCN2C(=O)CNC2=O)cc1. The van der Waals surface area contributed by atoms with Crippen molar-refractivity contribution in [2.75, 3.05) is 23.7 Å². The van der Waals surface area contributed by atoms with Crippen LogP contribution in [-0.2, 0) is 20.8 Å². The molecule has 0 unspecified atom stereocenters. The minimum atomic E-state index is -0.479. The van der Waals surface area contributed by atoms with Gasteiger partial charge in [0.1, 0.15) is 0 Å². The van der Waals surface area contributed by atoms with Gasteiger partial charge in [-0.05, 0) is 42.3 Å². The maximum absolute atomic E-state index is 12.3. The van der Waals surface area contributed by atoms with Crippen molar-refractivity contribution < 1.29 is 19.2 Å². The van der Waals surface area contributed by atoms with E-state index in [2.05, 4.69) is 20.9 Å². The van der Waals surface area contributed by atoms with Gasteiger partial charge in [-0.25, -0.2) is 4.79 Å². The molecule has 0 aliphatic carbocycles. The number of carbonyl (C=O) groups is 4. The molecular formula is C23H23N5O4. The number of amides is 5. The molecule has 0 radical (unpaired) electrons. The molecule has 1 saturated heterocycles. The lowest BCUT2D eigenvalue weighted by Crippen LogP contribution is -2.33. The van der Waals surface area contributed by atoms with Crippen molar-refractivity contribution in [3.63, 3.8) is 0 Å². The van der Waals surface area contributed by atoms with Crippen molar-refractivity contribution in [2.45, 2.75) is 19.3 Å². The van der Waals surface area contributed by atoms with E-state index in [1.165, 1.54) is 0 Å². The smallest absolute Gasteiger partial charge is 0.324 e. The van der Waals surface area contributed by atoms with E-state index in [0.29, 0.717) is 24.2 Å². The molecule has 1 aromatic heterocycles. The van der Waals surface area contributed by atoms with E-state index < -0.39 is 6.03 Å². The molecule has 32 heavy (non-hydrogen) atoms. The Bertz CT molecular complexity index is 1150. The van der Waals surface area contributed by atoms with E-state index in [1.807, 2.05) is 30.5 Å². The van der Waals surface area contributed by atoms with E-state index in [9.17, 15) is 19.2 Å². The quantitative estimate of drug-likeness (QED) is 0.408. The summed E-state index contributed by atoms with van der Waals surface area (Å²) in [6.45, 7) is -0.00349. The third-order valence-corrected chi connectivity index (χ3v) is 5.25. The summed E-state index contributed by atoms with van der Waals surface area (Å²) in [6, 6.07) is 14.3. The number of nitrogens with zero attached hydrogens (tertiary/aromatic N) is 1. The van der Waals surface area contributed by atoms with Crippen molar-refractivity contribution in [2.24, 2.45) is 0 Å². The average Bonchev–Trinajstić information content (AvgIpc) is 3.35. The summed E-state index contributed by atoms with van der Waals surface area (Å²) in [5, 5.41) is 9.10. The van der Waals surface area contributed by atoms with Crippen molar-refractivity contribution >= 4 is 46.0 Å². The fourth-order valence-electron chi connectivity index (χ4n) is 3.57. The number of imide groups is 1. The van der Waals surface area contributed by atoms with Gasteiger partial charge >= 0.3 is 6.03 Å². The van der Waals surface area contributed by atoms with Crippen LogP contribution in [0.5, 0.6) is 0 Å². The van der Waals surface area contributed by atoms with Crippen LogP contribution in [0.4, 0.5) is 16.2 Å². The highest BCUT2D eigenvalue weighted by atomic mass is 16.2. The number of aromatic amines is 1. The van der Waals surface area contributed by atoms with E-state index in [-0.39, 0.29) is 37.2 Å². The summed E-state index contributed by atoms with van der Waals surface area (Å²) in [7, 11) is 0. The monoisotopic (exact) mass is 433 g/mol. The molecule has 0 atom stereocenters. The number of fused-ring (bicyclic) bond motifs is 1. The first kappa shape index (κ1) is 21.1. The summed E-state index contributed by atoms with van der Waals surface area (Å²) in [6.07, 6.45) is 2.91. The molecule has 1 aliphatic rings. The standard InChI is InChI=1S/C23H23N5O4/c29-20(10-5-15-13-24-19-4-2-1-3-18(15)19)26-16-6-8-17(9-7-16)27-21(30)11-12-28-22(31)14-25-23(28)32/h1-4,6-9,13,24H,5,10-12,14H2,(H,25,32)(H,26,29)(H,27,30). The number of benzene rings is 2. The molecule has 4 rings (SSSR count). The number of anilines is 2. The van der Waals surface area contributed by atoms with Crippen LogP contribution >= 0.6 is 0 Å². The molecule has 3 aromatic rings. The number of aromatic nitrogens is 1. The number of aryl methyl sites for hydroxylation is 1.